The standard InChI is InChI=1S/C25H20Cl2N2O5/c1-32-19-10-14(11-20(13-19)33-2)22-21-23(34-29(22)17-8-6-15(26)7-9-17)25(31)28(24(21)30)18-5-3-4-16(27)12-18/h3-13,21-23H,1-2H3. The highest BCUT2D eigenvalue weighted by Crippen LogP contribution is 2.48. The molecule has 2 aliphatic rings. The maximum Gasteiger partial charge on any atom is 0.266 e. The first kappa shape index (κ1) is 22.5. The van der Waals surface area contributed by atoms with Gasteiger partial charge in [-0.25, -0.2) is 9.96 Å². The third-order valence-electron chi connectivity index (χ3n) is 5.98. The molecule has 3 aromatic rings. The van der Waals surface area contributed by atoms with Crippen LogP contribution in [0.5, 0.6) is 11.5 Å². The van der Waals surface area contributed by atoms with Gasteiger partial charge in [0.15, 0.2) is 6.10 Å². The second kappa shape index (κ2) is 8.83. The summed E-state index contributed by atoms with van der Waals surface area (Å²) in [4.78, 5) is 34.4. The maximum atomic E-state index is 13.7. The van der Waals surface area contributed by atoms with Crippen LogP contribution in [0.4, 0.5) is 11.4 Å². The number of anilines is 2. The number of methoxy groups -OCH3 is 2. The third kappa shape index (κ3) is 3.76. The molecule has 0 bridgehead atoms. The molecular formula is C25H20Cl2N2O5. The molecule has 174 valence electrons. The number of fused-ring (bicyclic) bond motifs is 1. The van der Waals surface area contributed by atoms with Crippen molar-refractivity contribution in [2.24, 2.45) is 5.92 Å². The van der Waals surface area contributed by atoms with Gasteiger partial charge >= 0.3 is 0 Å². The normalized spacial score (nSPS) is 21.7. The first-order valence-electron chi connectivity index (χ1n) is 10.5. The highest BCUT2D eigenvalue weighted by molar-refractivity contribution is 6.31. The molecule has 0 spiro atoms. The predicted molar refractivity (Wildman–Crippen MR) is 129 cm³/mol. The number of hydroxylamine groups is 1. The van der Waals surface area contributed by atoms with Crippen LogP contribution in [-0.2, 0) is 14.4 Å². The Morgan fingerprint density at radius 1 is 0.794 bits per heavy atom. The summed E-state index contributed by atoms with van der Waals surface area (Å²) >= 11 is 12.2. The van der Waals surface area contributed by atoms with E-state index in [4.69, 9.17) is 37.5 Å². The number of amides is 2. The van der Waals surface area contributed by atoms with E-state index in [1.807, 2.05) is 12.1 Å². The second-order valence-electron chi connectivity index (χ2n) is 7.94. The van der Waals surface area contributed by atoms with Crippen molar-refractivity contribution in [2.45, 2.75) is 12.1 Å². The summed E-state index contributed by atoms with van der Waals surface area (Å²) in [6.45, 7) is 0. The lowest BCUT2D eigenvalue weighted by Crippen LogP contribution is -2.37. The minimum absolute atomic E-state index is 0.375. The fourth-order valence-corrected chi connectivity index (χ4v) is 4.75. The topological polar surface area (TPSA) is 68.3 Å². The molecule has 3 unspecified atom stereocenters. The lowest BCUT2D eigenvalue weighted by Gasteiger charge is -2.29. The van der Waals surface area contributed by atoms with E-state index in [0.717, 1.165) is 4.90 Å². The van der Waals surface area contributed by atoms with E-state index >= 15 is 0 Å². The molecule has 34 heavy (non-hydrogen) atoms. The molecule has 0 saturated carbocycles. The fraction of sp³-hybridized carbons (Fsp3) is 0.200. The SMILES string of the molecule is COc1cc(OC)cc(C2C3C(=O)N(c4cccc(Cl)c4)C(=O)C3ON2c2ccc(Cl)cc2)c1. The predicted octanol–water partition coefficient (Wildman–Crippen LogP) is 5.06. The van der Waals surface area contributed by atoms with E-state index in [1.165, 1.54) is 0 Å². The van der Waals surface area contributed by atoms with Crippen molar-refractivity contribution in [3.63, 3.8) is 0 Å². The number of hydrogen-bond donors (Lipinski definition) is 0. The Morgan fingerprint density at radius 3 is 2.09 bits per heavy atom. The highest BCUT2D eigenvalue weighted by atomic mass is 35.5. The summed E-state index contributed by atoms with van der Waals surface area (Å²) in [5, 5.41) is 2.57. The number of nitrogens with zero attached hydrogens (tertiary/aromatic N) is 2. The van der Waals surface area contributed by atoms with Gasteiger partial charge in [0.05, 0.1) is 31.6 Å². The minimum atomic E-state index is -1.01. The van der Waals surface area contributed by atoms with Crippen LogP contribution in [0.15, 0.2) is 66.7 Å². The summed E-state index contributed by atoms with van der Waals surface area (Å²) in [5.41, 5.74) is 1.76. The molecule has 3 aromatic carbocycles. The molecule has 2 aliphatic heterocycles. The first-order valence-corrected chi connectivity index (χ1v) is 11.2. The van der Waals surface area contributed by atoms with Gasteiger partial charge in [-0.3, -0.25) is 14.4 Å². The smallest absolute Gasteiger partial charge is 0.266 e. The lowest BCUT2D eigenvalue weighted by atomic mass is 9.90. The number of ether oxygens (including phenoxy) is 2. The molecule has 7 nitrogen and oxygen atoms in total. The van der Waals surface area contributed by atoms with Gasteiger partial charge in [-0.1, -0.05) is 29.3 Å². The van der Waals surface area contributed by atoms with Gasteiger partial charge in [0.2, 0.25) is 5.91 Å². The Labute approximate surface area is 206 Å². The van der Waals surface area contributed by atoms with Crippen molar-refractivity contribution in [3.05, 3.63) is 82.3 Å². The second-order valence-corrected chi connectivity index (χ2v) is 8.81. The Kier molecular flexibility index (Phi) is 5.85. The van der Waals surface area contributed by atoms with Crippen molar-refractivity contribution < 1.29 is 23.9 Å². The molecule has 0 aliphatic carbocycles. The summed E-state index contributed by atoms with van der Waals surface area (Å²) in [6, 6.07) is 18.3. The van der Waals surface area contributed by atoms with Crippen LogP contribution in [0, 0.1) is 5.92 Å². The molecule has 0 N–H and O–H groups in total. The van der Waals surface area contributed by atoms with Gasteiger partial charge < -0.3 is 9.47 Å². The van der Waals surface area contributed by atoms with Crippen LogP contribution in [0.1, 0.15) is 11.6 Å². The molecule has 0 radical (unpaired) electrons. The van der Waals surface area contributed by atoms with Crippen molar-refractivity contribution in [1.29, 1.82) is 0 Å². The first-order chi connectivity index (χ1) is 16.4. The average Bonchev–Trinajstić information content (AvgIpc) is 3.35. The van der Waals surface area contributed by atoms with Crippen LogP contribution in [0.3, 0.4) is 0 Å². The van der Waals surface area contributed by atoms with Gasteiger partial charge in [-0.15, -0.1) is 0 Å². The summed E-state index contributed by atoms with van der Waals surface area (Å²) in [5.74, 6) is -0.525. The number of imide groups is 1. The van der Waals surface area contributed by atoms with Gasteiger partial charge in [0.25, 0.3) is 5.91 Å². The summed E-state index contributed by atoms with van der Waals surface area (Å²) < 4.78 is 10.9. The van der Waals surface area contributed by atoms with Crippen LogP contribution >= 0.6 is 23.2 Å². The van der Waals surface area contributed by atoms with Gasteiger partial charge in [-0.05, 0) is 60.2 Å². The Morgan fingerprint density at radius 2 is 1.47 bits per heavy atom. The molecule has 5 rings (SSSR count). The van der Waals surface area contributed by atoms with Crippen molar-refractivity contribution >= 4 is 46.4 Å². The zero-order valence-corrected chi connectivity index (χ0v) is 19.8. The number of carbonyl (C=O) groups excluding carboxylic acids is 2. The quantitative estimate of drug-likeness (QED) is 0.458. The number of rotatable bonds is 5. The highest BCUT2D eigenvalue weighted by Gasteiger charge is 2.60. The van der Waals surface area contributed by atoms with E-state index < -0.39 is 24.0 Å². The van der Waals surface area contributed by atoms with Gasteiger partial charge in [-0.2, -0.15) is 0 Å². The lowest BCUT2D eigenvalue weighted by molar-refractivity contribution is -0.126. The van der Waals surface area contributed by atoms with Crippen LogP contribution < -0.4 is 19.4 Å². The van der Waals surface area contributed by atoms with Crippen LogP contribution in [0.25, 0.3) is 0 Å². The van der Waals surface area contributed by atoms with Crippen LogP contribution in [-0.4, -0.2) is 32.1 Å². The van der Waals surface area contributed by atoms with Gasteiger partial charge in [0, 0.05) is 16.1 Å². The van der Waals surface area contributed by atoms with E-state index in [1.54, 1.807) is 73.9 Å². The molecule has 2 heterocycles. The summed E-state index contributed by atoms with van der Waals surface area (Å²) in [6.07, 6.45) is -1.01. The zero-order valence-electron chi connectivity index (χ0n) is 18.3. The third-order valence-corrected chi connectivity index (χ3v) is 6.47. The Bertz CT molecular complexity index is 1240. The number of halogens is 2. The largest absolute Gasteiger partial charge is 0.497 e. The van der Waals surface area contributed by atoms with Crippen molar-refractivity contribution in [3.8, 4) is 11.5 Å². The molecule has 9 heteroatoms. The number of carbonyl (C=O) groups is 2. The van der Waals surface area contributed by atoms with E-state index in [9.17, 15) is 9.59 Å². The molecule has 2 saturated heterocycles. The zero-order chi connectivity index (χ0) is 24.0. The minimum Gasteiger partial charge on any atom is -0.497 e. The average molecular weight is 499 g/mol. The van der Waals surface area contributed by atoms with Crippen LogP contribution in [0.2, 0.25) is 10.0 Å². The number of benzene rings is 3. The molecule has 3 atom stereocenters. The molecule has 2 fully saturated rings. The van der Waals surface area contributed by atoms with E-state index in [-0.39, 0.29) is 5.91 Å². The number of hydrogen-bond acceptors (Lipinski definition) is 6. The van der Waals surface area contributed by atoms with E-state index in [2.05, 4.69) is 0 Å². The Hall–Kier alpha value is -3.26. The molecule has 0 aromatic heterocycles. The van der Waals surface area contributed by atoms with Crippen molar-refractivity contribution in [1.82, 2.24) is 0 Å². The Balaban J connectivity index is 1.62. The summed E-state index contributed by atoms with van der Waals surface area (Å²) in [7, 11) is 3.10. The fourth-order valence-electron chi connectivity index (χ4n) is 4.44. The molecule has 2 amide bonds. The monoisotopic (exact) mass is 498 g/mol. The van der Waals surface area contributed by atoms with Crippen molar-refractivity contribution in [2.75, 3.05) is 24.2 Å². The maximum absolute atomic E-state index is 13.7. The van der Waals surface area contributed by atoms with Gasteiger partial charge in [0.1, 0.15) is 17.4 Å². The van der Waals surface area contributed by atoms with E-state index in [0.29, 0.717) is 38.5 Å². The molecular weight excluding hydrogens is 479 g/mol.